The van der Waals surface area contributed by atoms with E-state index in [0.29, 0.717) is 20.8 Å². The number of hydrogen-bond donors (Lipinski definition) is 9. The Morgan fingerprint density at radius 1 is 0.571 bits per heavy atom. The summed E-state index contributed by atoms with van der Waals surface area (Å²) in [5.74, 6) is -6.14. The predicted molar refractivity (Wildman–Crippen MR) is 195 cm³/mol. The minimum Gasteiger partial charge on any atom is -0.345 e. The van der Waals surface area contributed by atoms with Gasteiger partial charge in [0, 0.05) is 23.5 Å². The van der Waals surface area contributed by atoms with Crippen LogP contribution in [0.5, 0.6) is 0 Å². The Bertz CT molecular complexity index is 1510. The van der Waals surface area contributed by atoms with E-state index in [9.17, 15) is 58.8 Å². The minimum atomic E-state index is -1.39. The number of amides is 9. The van der Waals surface area contributed by atoms with Crippen molar-refractivity contribution in [3.8, 4) is 0 Å². The molecule has 1 heterocycles. The normalized spacial score (nSPS) is 19.9. The predicted octanol–water partition coefficient (Wildman–Crippen LogP) is -2.61. The molecule has 1 aromatic rings. The molecule has 0 spiro atoms. The Kier molecular flexibility index (Phi) is 21.9. The summed E-state index contributed by atoms with van der Waals surface area (Å²) >= 11 is 0. The van der Waals surface area contributed by atoms with Crippen LogP contribution >= 0.6 is 0 Å². The van der Waals surface area contributed by atoms with E-state index in [-0.39, 0.29) is 81.6 Å². The first-order valence-electron chi connectivity index (χ1n) is 17.7. The summed E-state index contributed by atoms with van der Waals surface area (Å²) in [6, 6.07) is 3.40. The van der Waals surface area contributed by atoms with Crippen LogP contribution in [0.25, 0.3) is 0 Å². The van der Waals surface area contributed by atoms with Crippen LogP contribution in [-0.4, -0.2) is 155 Å². The zero-order valence-electron chi connectivity index (χ0n) is 31.5. The molecule has 12 N–H and O–H groups in total. The van der Waals surface area contributed by atoms with Gasteiger partial charge in [0.2, 0.25) is 35.4 Å². The van der Waals surface area contributed by atoms with Crippen LogP contribution in [-0.2, 0) is 52.3 Å². The minimum absolute atomic E-state index is 0. The molecule has 0 radical (unpaired) electrons. The van der Waals surface area contributed by atoms with E-state index >= 15 is 0 Å². The summed E-state index contributed by atoms with van der Waals surface area (Å²) in [6.07, 6.45) is -0.269. The molecule has 22 heteroatoms. The van der Waals surface area contributed by atoms with Gasteiger partial charge in [-0.3, -0.25) is 58.8 Å². The fourth-order valence-electron chi connectivity index (χ4n) is 5.30. The monoisotopic (exact) mass is 836 g/mol. The second-order valence-electron chi connectivity index (χ2n) is 12.9. The number of rotatable bonds is 14. The standard InChI is InChI=1S/C34H51N9O12.Fe/c1-21(44)41(53)15-7-12-25-31(49)35-20-30(48)38-28(18-24-10-5-4-6-11-24)32(50)36-19-29(47)37-26(13-8-16-42(54)22(2)45)33(51)40-27(34(52)39-25)14-9-17-43(55)23(3)46;/h4-6,10-11,25-28,53-55H,7-9,12-20H2,1-3H3,(H,35,49)(H,36,50)(H,37,47)(H,38,48)(H,39,52)(H,40,51);/p+3. The number of hydrogen-bond acceptors (Lipinski definition) is 9. The number of hydroxylamine groups is 6. The van der Waals surface area contributed by atoms with Gasteiger partial charge in [-0.15, -0.1) is 0 Å². The van der Waals surface area contributed by atoms with Gasteiger partial charge in [0.05, 0.1) is 53.5 Å². The number of carbonyl (C=O) groups is 6. The molecule has 1 aliphatic rings. The van der Waals surface area contributed by atoms with Crippen molar-refractivity contribution in [1.82, 2.24) is 47.1 Å². The van der Waals surface area contributed by atoms with Gasteiger partial charge >= 0.3 is 17.7 Å². The topological polar surface area (TPSA) is 309 Å². The van der Waals surface area contributed by atoms with E-state index in [0.717, 1.165) is 0 Å². The van der Waals surface area contributed by atoms with Crippen molar-refractivity contribution in [2.45, 2.75) is 89.9 Å². The summed E-state index contributed by atoms with van der Waals surface area (Å²) in [5, 5.41) is 46.3. The number of carbonyl (C=O) groups excluding carboxylic acids is 9. The Hall–Kier alpha value is -5.15. The molecule has 56 heavy (non-hydrogen) atoms. The Labute approximate surface area is 334 Å². The van der Waals surface area contributed by atoms with Crippen LogP contribution < -0.4 is 31.9 Å². The van der Waals surface area contributed by atoms with Gasteiger partial charge in [0.25, 0.3) is 0 Å². The van der Waals surface area contributed by atoms with E-state index in [2.05, 4.69) is 31.9 Å². The molecule has 1 aromatic carbocycles. The van der Waals surface area contributed by atoms with Crippen LogP contribution in [0.4, 0.5) is 0 Å². The molecule has 9 amide bonds. The smallest absolute Gasteiger partial charge is 0.345 e. The summed E-state index contributed by atoms with van der Waals surface area (Å²) in [7, 11) is 0. The van der Waals surface area contributed by atoms with Crippen LogP contribution in [0.2, 0.25) is 0 Å². The van der Waals surface area contributed by atoms with E-state index in [4.69, 9.17) is 0 Å². The molecule has 1 aliphatic heterocycles. The molecule has 1 fully saturated rings. The third-order valence-corrected chi connectivity index (χ3v) is 8.41. The average molecular weight is 837 g/mol. The van der Waals surface area contributed by atoms with Crippen molar-refractivity contribution >= 4 is 53.2 Å². The van der Waals surface area contributed by atoms with E-state index in [1.807, 2.05) is 0 Å². The molecular weight excluding hydrogens is 782 g/mol. The number of nitrogens with one attached hydrogen (secondary N) is 6. The van der Waals surface area contributed by atoms with Gasteiger partial charge in [-0.25, -0.2) is 0 Å². The van der Waals surface area contributed by atoms with Crippen molar-refractivity contribution in [2.24, 2.45) is 0 Å². The van der Waals surface area contributed by atoms with Gasteiger partial charge in [-0.2, -0.15) is 15.2 Å². The second kappa shape index (κ2) is 25.1. The van der Waals surface area contributed by atoms with Crippen LogP contribution in [0.3, 0.4) is 0 Å². The van der Waals surface area contributed by atoms with Crippen LogP contribution in [0.1, 0.15) is 64.9 Å². The fraction of sp³-hybridized carbons (Fsp3) is 0.559. The van der Waals surface area contributed by atoms with E-state index in [1.165, 1.54) is 20.8 Å². The molecule has 0 bridgehead atoms. The van der Waals surface area contributed by atoms with Crippen molar-refractivity contribution in [3.05, 3.63) is 35.9 Å². The summed E-state index contributed by atoms with van der Waals surface area (Å²) in [6.45, 7) is 1.97. The number of benzene rings is 1. The van der Waals surface area contributed by atoms with E-state index in [1.54, 1.807) is 30.3 Å². The van der Waals surface area contributed by atoms with Gasteiger partial charge in [-0.05, 0) is 44.1 Å². The second-order valence-corrected chi connectivity index (χ2v) is 12.9. The van der Waals surface area contributed by atoms with Crippen molar-refractivity contribution in [2.75, 3.05) is 32.7 Å². The molecule has 0 aromatic heterocycles. The molecule has 2 rings (SSSR count). The molecule has 312 valence electrons. The quantitative estimate of drug-likeness (QED) is 0.0410. The Morgan fingerprint density at radius 3 is 1.30 bits per heavy atom. The fourth-order valence-corrected chi connectivity index (χ4v) is 5.30. The Balaban J connectivity index is 0.0000157. The molecule has 1 saturated heterocycles. The average Bonchev–Trinajstić information content (AvgIpc) is 3.13. The van der Waals surface area contributed by atoms with Crippen molar-refractivity contribution in [1.29, 1.82) is 0 Å². The maximum absolute atomic E-state index is 13.8. The molecule has 21 nitrogen and oxygen atoms in total. The van der Waals surface area contributed by atoms with Crippen LogP contribution in [0.15, 0.2) is 30.3 Å². The van der Waals surface area contributed by atoms with Gasteiger partial charge in [0.15, 0.2) is 0 Å². The zero-order valence-corrected chi connectivity index (χ0v) is 32.6. The van der Waals surface area contributed by atoms with Gasteiger partial charge < -0.3 is 31.9 Å². The van der Waals surface area contributed by atoms with Gasteiger partial charge in [-0.1, -0.05) is 30.3 Å². The third-order valence-electron chi connectivity index (χ3n) is 8.41. The van der Waals surface area contributed by atoms with Crippen molar-refractivity contribution in [3.63, 3.8) is 0 Å². The Morgan fingerprint density at radius 2 is 0.911 bits per heavy atom. The summed E-state index contributed by atoms with van der Waals surface area (Å²) < 4.78 is 0. The molecule has 4 atom stereocenters. The van der Waals surface area contributed by atoms with Crippen molar-refractivity contribution < 1.29 is 75.8 Å². The summed E-state index contributed by atoms with van der Waals surface area (Å²) in [5.41, 5.74) is 0.672. The summed E-state index contributed by atoms with van der Waals surface area (Å²) in [4.78, 5) is 109. The SMILES string of the molecule is CC(=[OH+])N(O)CCCC1NC(=O)CNC(=O)C(Cc2ccccc2)NC(=O)CNC(=O)C(CCCN(O)C(C)=[OH+])NC(=O)C(CCCN(O)C(C)=[OH+])NC1=O.[Fe]. The molecule has 0 aliphatic carbocycles. The first-order valence-corrected chi connectivity index (χ1v) is 17.7. The van der Waals surface area contributed by atoms with Crippen LogP contribution in [0, 0.1) is 0 Å². The molecule has 0 saturated carbocycles. The number of nitrogens with zero attached hydrogens (tertiary/aromatic N) is 3. The zero-order chi connectivity index (χ0) is 41.1. The largest absolute Gasteiger partial charge is 0.412 e. The molecular formula is C34H54FeN9O12+3. The molecule has 4 unspecified atom stereocenters. The van der Waals surface area contributed by atoms with E-state index < -0.39 is 90.4 Å². The first kappa shape index (κ1) is 48.9. The van der Waals surface area contributed by atoms with Gasteiger partial charge in [0.1, 0.15) is 24.2 Å². The maximum Gasteiger partial charge on any atom is 0.412 e. The maximum atomic E-state index is 13.8. The third kappa shape index (κ3) is 18.0. The first-order chi connectivity index (χ1) is 26.0.